The van der Waals surface area contributed by atoms with Crippen LogP contribution in [0.5, 0.6) is 0 Å². The first kappa shape index (κ1) is 17.4. The molecule has 1 aliphatic carbocycles. The van der Waals surface area contributed by atoms with Crippen LogP contribution < -0.4 is 16.4 Å². The Labute approximate surface area is 139 Å². The fourth-order valence-corrected chi connectivity index (χ4v) is 3.88. The van der Waals surface area contributed by atoms with E-state index in [0.29, 0.717) is 17.1 Å². The lowest BCUT2D eigenvalue weighted by molar-refractivity contribution is -0.136. The second-order valence-electron chi connectivity index (χ2n) is 5.79. The molecule has 7 nitrogen and oxygen atoms in total. The average molecular weight is 338 g/mol. The SMILES string of the molecule is CN(C)CCCNC(=O)C(=O)Nc1sc2c(c1C(N)=O)CCC2. The van der Waals surface area contributed by atoms with Gasteiger partial charge in [0, 0.05) is 11.4 Å². The highest BCUT2D eigenvalue weighted by atomic mass is 32.1. The number of carbonyl (C=O) groups is 3. The third kappa shape index (κ3) is 4.29. The molecule has 3 amide bonds. The van der Waals surface area contributed by atoms with E-state index in [2.05, 4.69) is 10.6 Å². The van der Waals surface area contributed by atoms with Crippen molar-refractivity contribution in [2.75, 3.05) is 32.5 Å². The number of hydrogen-bond donors (Lipinski definition) is 3. The Morgan fingerprint density at radius 3 is 2.61 bits per heavy atom. The second kappa shape index (κ2) is 7.56. The Morgan fingerprint density at radius 1 is 1.22 bits per heavy atom. The lowest BCUT2D eigenvalue weighted by atomic mass is 10.1. The van der Waals surface area contributed by atoms with E-state index in [0.717, 1.165) is 42.7 Å². The summed E-state index contributed by atoms with van der Waals surface area (Å²) in [5.74, 6) is -2.03. The normalized spacial score (nSPS) is 13.0. The van der Waals surface area contributed by atoms with Crippen molar-refractivity contribution in [3.05, 3.63) is 16.0 Å². The van der Waals surface area contributed by atoms with Crippen LogP contribution in [0.3, 0.4) is 0 Å². The van der Waals surface area contributed by atoms with Gasteiger partial charge >= 0.3 is 11.8 Å². The van der Waals surface area contributed by atoms with Crippen LogP contribution in [0.1, 0.15) is 33.6 Å². The monoisotopic (exact) mass is 338 g/mol. The molecule has 0 saturated carbocycles. The van der Waals surface area contributed by atoms with Crippen molar-refractivity contribution in [2.45, 2.75) is 25.7 Å². The quantitative estimate of drug-likeness (QED) is 0.514. The van der Waals surface area contributed by atoms with E-state index in [9.17, 15) is 14.4 Å². The van der Waals surface area contributed by atoms with Crippen molar-refractivity contribution < 1.29 is 14.4 Å². The van der Waals surface area contributed by atoms with Gasteiger partial charge in [0.05, 0.1) is 5.56 Å². The topological polar surface area (TPSA) is 105 Å². The lowest BCUT2D eigenvalue weighted by Crippen LogP contribution is -2.36. The Morgan fingerprint density at radius 2 is 1.96 bits per heavy atom. The van der Waals surface area contributed by atoms with E-state index in [4.69, 9.17) is 5.73 Å². The fourth-order valence-electron chi connectivity index (χ4n) is 2.59. The average Bonchev–Trinajstić information content (AvgIpc) is 3.02. The molecule has 1 aromatic rings. The minimum atomic E-state index is -0.766. The molecule has 126 valence electrons. The van der Waals surface area contributed by atoms with Crippen LogP contribution >= 0.6 is 11.3 Å². The minimum absolute atomic E-state index is 0.358. The highest BCUT2D eigenvalue weighted by molar-refractivity contribution is 7.17. The van der Waals surface area contributed by atoms with E-state index >= 15 is 0 Å². The number of anilines is 1. The maximum absolute atomic E-state index is 12.0. The van der Waals surface area contributed by atoms with E-state index in [1.54, 1.807) is 0 Å². The third-order valence-corrected chi connectivity index (χ3v) is 4.88. The van der Waals surface area contributed by atoms with Gasteiger partial charge in [-0.15, -0.1) is 11.3 Å². The van der Waals surface area contributed by atoms with Crippen LogP contribution in [-0.4, -0.2) is 49.8 Å². The summed E-state index contributed by atoms with van der Waals surface area (Å²) in [5.41, 5.74) is 6.70. The zero-order chi connectivity index (χ0) is 17.0. The van der Waals surface area contributed by atoms with E-state index in [1.165, 1.54) is 11.3 Å². The summed E-state index contributed by atoms with van der Waals surface area (Å²) < 4.78 is 0. The summed E-state index contributed by atoms with van der Waals surface area (Å²) >= 11 is 1.34. The number of amides is 3. The smallest absolute Gasteiger partial charge is 0.314 e. The number of carbonyl (C=O) groups excluding carboxylic acids is 3. The predicted molar refractivity (Wildman–Crippen MR) is 89.7 cm³/mol. The van der Waals surface area contributed by atoms with Gasteiger partial charge in [-0.1, -0.05) is 0 Å². The molecule has 0 unspecified atom stereocenters. The Hall–Kier alpha value is -1.93. The molecule has 0 fully saturated rings. The minimum Gasteiger partial charge on any atom is -0.365 e. The Balaban J connectivity index is 1.95. The van der Waals surface area contributed by atoms with Gasteiger partial charge in [-0.2, -0.15) is 0 Å². The van der Waals surface area contributed by atoms with Gasteiger partial charge in [-0.3, -0.25) is 14.4 Å². The molecule has 2 rings (SSSR count). The molecule has 4 N–H and O–H groups in total. The van der Waals surface area contributed by atoms with Crippen molar-refractivity contribution in [3.63, 3.8) is 0 Å². The summed E-state index contributed by atoms with van der Waals surface area (Å²) in [4.78, 5) is 38.5. The zero-order valence-electron chi connectivity index (χ0n) is 13.4. The molecular weight excluding hydrogens is 316 g/mol. The molecule has 0 bridgehead atoms. The van der Waals surface area contributed by atoms with E-state index in [1.807, 2.05) is 19.0 Å². The van der Waals surface area contributed by atoms with Crippen LogP contribution in [0.2, 0.25) is 0 Å². The molecular formula is C15H22N4O3S. The zero-order valence-corrected chi connectivity index (χ0v) is 14.2. The summed E-state index contributed by atoms with van der Waals surface area (Å²) in [7, 11) is 3.88. The first-order valence-corrected chi connectivity index (χ1v) is 8.40. The molecule has 8 heteroatoms. The highest BCUT2D eigenvalue weighted by Gasteiger charge is 2.27. The molecule has 1 aromatic heterocycles. The number of fused-ring (bicyclic) bond motifs is 1. The standard InChI is InChI=1S/C15H22N4O3S/c1-19(2)8-4-7-17-13(21)14(22)18-15-11(12(16)20)9-5-3-6-10(9)23-15/h3-8H2,1-2H3,(H2,16,20)(H,17,21)(H,18,22). The van der Waals surface area contributed by atoms with Crippen molar-refractivity contribution >= 4 is 34.1 Å². The number of aryl methyl sites for hydroxylation is 1. The largest absolute Gasteiger partial charge is 0.365 e. The second-order valence-corrected chi connectivity index (χ2v) is 6.90. The molecule has 0 spiro atoms. The third-order valence-electron chi connectivity index (χ3n) is 3.67. The number of nitrogens with two attached hydrogens (primary N) is 1. The van der Waals surface area contributed by atoms with Gasteiger partial charge in [0.1, 0.15) is 5.00 Å². The van der Waals surface area contributed by atoms with Crippen LogP contribution in [0, 0.1) is 0 Å². The fraction of sp³-hybridized carbons (Fsp3) is 0.533. The Bertz CT molecular complexity index is 624. The van der Waals surface area contributed by atoms with E-state index < -0.39 is 17.7 Å². The van der Waals surface area contributed by atoms with Gasteiger partial charge in [-0.05, 0) is 51.9 Å². The number of thiophene rings is 1. The van der Waals surface area contributed by atoms with Gasteiger partial charge < -0.3 is 21.3 Å². The summed E-state index contributed by atoms with van der Waals surface area (Å²) in [6.45, 7) is 1.25. The number of hydrogen-bond acceptors (Lipinski definition) is 5. The molecule has 0 saturated heterocycles. The lowest BCUT2D eigenvalue weighted by Gasteiger charge is -2.10. The number of rotatable bonds is 6. The number of nitrogens with one attached hydrogen (secondary N) is 2. The molecule has 23 heavy (non-hydrogen) atoms. The van der Waals surface area contributed by atoms with Gasteiger partial charge in [-0.25, -0.2) is 0 Å². The molecule has 1 aliphatic rings. The maximum atomic E-state index is 12.0. The van der Waals surface area contributed by atoms with Gasteiger partial charge in [0.25, 0.3) is 5.91 Å². The number of nitrogens with zero attached hydrogens (tertiary/aromatic N) is 1. The van der Waals surface area contributed by atoms with Crippen LogP contribution in [0.4, 0.5) is 5.00 Å². The molecule has 0 radical (unpaired) electrons. The predicted octanol–water partition coefficient (Wildman–Crippen LogP) is 0.342. The van der Waals surface area contributed by atoms with E-state index in [-0.39, 0.29) is 0 Å². The summed E-state index contributed by atoms with van der Waals surface area (Å²) in [5, 5.41) is 5.48. The Kier molecular flexibility index (Phi) is 5.73. The first-order valence-electron chi connectivity index (χ1n) is 7.58. The number of primary amides is 1. The van der Waals surface area contributed by atoms with Crippen LogP contribution in [0.15, 0.2) is 0 Å². The molecule has 0 atom stereocenters. The van der Waals surface area contributed by atoms with Crippen molar-refractivity contribution in [1.82, 2.24) is 10.2 Å². The van der Waals surface area contributed by atoms with Gasteiger partial charge in [0.2, 0.25) is 0 Å². The van der Waals surface area contributed by atoms with Gasteiger partial charge in [0.15, 0.2) is 0 Å². The van der Waals surface area contributed by atoms with Crippen molar-refractivity contribution in [3.8, 4) is 0 Å². The van der Waals surface area contributed by atoms with Crippen LogP contribution in [0.25, 0.3) is 0 Å². The molecule has 0 aromatic carbocycles. The first-order chi connectivity index (χ1) is 10.9. The molecule has 0 aliphatic heterocycles. The summed E-state index contributed by atoms with van der Waals surface area (Å²) in [6, 6.07) is 0. The maximum Gasteiger partial charge on any atom is 0.314 e. The van der Waals surface area contributed by atoms with Crippen molar-refractivity contribution in [2.24, 2.45) is 5.73 Å². The molecule has 1 heterocycles. The summed E-state index contributed by atoms with van der Waals surface area (Å²) in [6.07, 6.45) is 3.41. The highest BCUT2D eigenvalue weighted by Crippen LogP contribution is 2.38. The van der Waals surface area contributed by atoms with Crippen LogP contribution in [-0.2, 0) is 22.4 Å². The van der Waals surface area contributed by atoms with Crippen molar-refractivity contribution in [1.29, 1.82) is 0 Å².